The average Bonchev–Trinajstić information content (AvgIpc) is 2.88. The van der Waals surface area contributed by atoms with Gasteiger partial charge >= 0.3 is 6.03 Å². The van der Waals surface area contributed by atoms with E-state index in [1.807, 2.05) is 49.3 Å². The summed E-state index contributed by atoms with van der Waals surface area (Å²) in [5, 5.41) is 6.48. The maximum absolute atomic E-state index is 13.8. The van der Waals surface area contributed by atoms with Gasteiger partial charge in [0.2, 0.25) is 0 Å². The number of hydrogen-bond donors (Lipinski definition) is 3. The number of benzene rings is 2. The fourth-order valence-electron chi connectivity index (χ4n) is 4.84. The number of unbranched alkanes of at least 4 members (excludes halogenated alkanes) is 2. The summed E-state index contributed by atoms with van der Waals surface area (Å²) in [6.07, 6.45) is 5.45. The molecular formula is C26H38N4O3S. The number of nitrogens with two attached hydrogens (primary N) is 1. The summed E-state index contributed by atoms with van der Waals surface area (Å²) in [7, 11) is 0.358. The van der Waals surface area contributed by atoms with Crippen LogP contribution in [0.5, 0.6) is 0 Å². The molecule has 0 unspecified atom stereocenters. The van der Waals surface area contributed by atoms with Gasteiger partial charge in [-0.2, -0.15) is 0 Å². The van der Waals surface area contributed by atoms with Gasteiger partial charge in [-0.3, -0.25) is 5.32 Å². The summed E-state index contributed by atoms with van der Waals surface area (Å²) in [5.74, 6) is 0.0734. The van der Waals surface area contributed by atoms with E-state index in [1.165, 1.54) is 0 Å². The number of urea groups is 1. The minimum atomic E-state index is -3.53. The summed E-state index contributed by atoms with van der Waals surface area (Å²) in [5.41, 5.74) is 7.94. The van der Waals surface area contributed by atoms with Crippen LogP contribution < -0.4 is 21.3 Å². The maximum Gasteiger partial charge on any atom is 0.316 e. The molecule has 34 heavy (non-hydrogen) atoms. The molecule has 1 atom stereocenters. The number of anilines is 2. The van der Waals surface area contributed by atoms with Crippen molar-refractivity contribution in [1.82, 2.24) is 5.32 Å². The molecule has 0 fully saturated rings. The topological polar surface area (TPSA) is 105 Å². The van der Waals surface area contributed by atoms with Crippen LogP contribution in [0.2, 0.25) is 0 Å². The first-order chi connectivity index (χ1) is 16.1. The van der Waals surface area contributed by atoms with Crippen LogP contribution in [0, 0.1) is 0 Å². The van der Waals surface area contributed by atoms with Gasteiger partial charge in [-0.1, -0.05) is 51.7 Å². The second-order valence-corrected chi connectivity index (χ2v) is 11.5. The molecule has 4 N–H and O–H groups in total. The predicted molar refractivity (Wildman–Crippen MR) is 139 cm³/mol. The van der Waals surface area contributed by atoms with Crippen LogP contribution in [0.1, 0.15) is 69.5 Å². The smallest absolute Gasteiger partial charge is 0.316 e. The summed E-state index contributed by atoms with van der Waals surface area (Å²) >= 11 is 0. The van der Waals surface area contributed by atoms with Crippen molar-refractivity contribution in [2.24, 2.45) is 5.73 Å². The lowest BCUT2D eigenvalue weighted by molar-refractivity contribution is 0.259. The minimum absolute atomic E-state index is 0.0734. The summed E-state index contributed by atoms with van der Waals surface area (Å²) < 4.78 is 27.6. The monoisotopic (exact) mass is 486 g/mol. The van der Waals surface area contributed by atoms with E-state index in [4.69, 9.17) is 5.73 Å². The second kappa shape index (κ2) is 10.8. The van der Waals surface area contributed by atoms with E-state index in [-0.39, 0.29) is 11.8 Å². The highest BCUT2D eigenvalue weighted by Gasteiger charge is 2.42. The SMILES string of the molecule is CCCCC1(CCCC)CS(=O)(=O)c2ccc(N(C)C)cc2[C@@H](c2cccc(NC(N)=O)c2)N1. The van der Waals surface area contributed by atoms with Crippen LogP contribution in [0.3, 0.4) is 0 Å². The van der Waals surface area contributed by atoms with Crippen LogP contribution in [0.4, 0.5) is 16.2 Å². The van der Waals surface area contributed by atoms with E-state index in [0.717, 1.165) is 55.3 Å². The highest BCUT2D eigenvalue weighted by Crippen LogP contribution is 2.40. The predicted octanol–water partition coefficient (Wildman–Crippen LogP) is 4.83. The molecule has 2 amide bonds. The molecule has 186 valence electrons. The number of nitrogens with one attached hydrogen (secondary N) is 2. The fraction of sp³-hybridized carbons (Fsp3) is 0.500. The number of rotatable bonds is 9. The Bertz CT molecular complexity index is 1110. The molecule has 0 saturated carbocycles. The molecular weight excluding hydrogens is 448 g/mol. The normalized spacial score (nSPS) is 18.5. The Morgan fingerprint density at radius 3 is 2.38 bits per heavy atom. The highest BCUT2D eigenvalue weighted by molar-refractivity contribution is 7.91. The van der Waals surface area contributed by atoms with Crippen LogP contribution in [-0.2, 0) is 9.84 Å². The van der Waals surface area contributed by atoms with Gasteiger partial charge in [-0.25, -0.2) is 13.2 Å². The molecule has 1 aliphatic heterocycles. The molecule has 0 saturated heterocycles. The van der Waals surface area contributed by atoms with Crippen LogP contribution in [0.15, 0.2) is 47.4 Å². The molecule has 0 bridgehead atoms. The van der Waals surface area contributed by atoms with Crippen molar-refractivity contribution in [3.05, 3.63) is 53.6 Å². The minimum Gasteiger partial charge on any atom is -0.378 e. The zero-order valence-corrected chi connectivity index (χ0v) is 21.5. The zero-order valence-electron chi connectivity index (χ0n) is 20.7. The van der Waals surface area contributed by atoms with E-state index in [2.05, 4.69) is 24.5 Å². The lowest BCUT2D eigenvalue weighted by atomic mass is 9.86. The van der Waals surface area contributed by atoms with E-state index in [1.54, 1.807) is 12.1 Å². The third-order valence-electron chi connectivity index (χ3n) is 6.58. The van der Waals surface area contributed by atoms with E-state index in [0.29, 0.717) is 10.6 Å². The molecule has 0 radical (unpaired) electrons. The number of carbonyl (C=O) groups is 1. The van der Waals surface area contributed by atoms with Crippen molar-refractivity contribution in [2.75, 3.05) is 30.1 Å². The van der Waals surface area contributed by atoms with Gasteiger partial charge in [0, 0.05) is 31.0 Å². The van der Waals surface area contributed by atoms with Crippen LogP contribution in [-0.4, -0.2) is 39.8 Å². The van der Waals surface area contributed by atoms with Gasteiger partial charge in [0.05, 0.1) is 16.7 Å². The van der Waals surface area contributed by atoms with Gasteiger partial charge in [0.15, 0.2) is 9.84 Å². The summed E-state index contributed by atoms with van der Waals surface area (Å²) in [6.45, 7) is 4.26. The lowest BCUT2D eigenvalue weighted by Gasteiger charge is -2.37. The standard InChI is InChI=1S/C26H38N4O3S/c1-5-7-14-26(15-8-6-2)18-34(32,33)23-13-12-21(30(3)4)17-22(23)24(29-26)19-10-9-11-20(16-19)28-25(27)31/h9-13,16-17,24,29H,5-8,14-15,18H2,1-4H3,(H3,27,28,31)/t24-/m1/s1. The maximum atomic E-state index is 13.8. The van der Waals surface area contributed by atoms with Crippen molar-refractivity contribution < 1.29 is 13.2 Å². The molecule has 2 aromatic carbocycles. The Hall–Kier alpha value is -2.58. The van der Waals surface area contributed by atoms with E-state index >= 15 is 0 Å². The molecule has 3 rings (SSSR count). The Labute approximate surface area is 204 Å². The van der Waals surface area contributed by atoms with E-state index in [9.17, 15) is 13.2 Å². The molecule has 1 aliphatic rings. The second-order valence-electron chi connectivity index (χ2n) is 9.56. The third kappa shape index (κ3) is 5.91. The summed E-state index contributed by atoms with van der Waals surface area (Å²) in [4.78, 5) is 13.8. The van der Waals surface area contributed by atoms with Crippen LogP contribution >= 0.6 is 0 Å². The zero-order chi connectivity index (χ0) is 24.9. The lowest BCUT2D eigenvalue weighted by Crippen LogP contribution is -2.50. The molecule has 7 nitrogen and oxygen atoms in total. The van der Waals surface area contributed by atoms with Crippen molar-refractivity contribution in [2.45, 2.75) is 68.8 Å². The van der Waals surface area contributed by atoms with Gasteiger partial charge in [0.1, 0.15) is 0 Å². The Kier molecular flexibility index (Phi) is 8.25. The first-order valence-electron chi connectivity index (χ1n) is 12.1. The van der Waals surface area contributed by atoms with Gasteiger partial charge < -0.3 is 16.0 Å². The van der Waals surface area contributed by atoms with Gasteiger partial charge in [0.25, 0.3) is 0 Å². The number of amides is 2. The molecule has 0 aliphatic carbocycles. The Morgan fingerprint density at radius 1 is 1.12 bits per heavy atom. The highest BCUT2D eigenvalue weighted by atomic mass is 32.2. The van der Waals surface area contributed by atoms with E-state index < -0.39 is 21.4 Å². The number of hydrogen-bond acceptors (Lipinski definition) is 5. The molecule has 0 aromatic heterocycles. The van der Waals surface area contributed by atoms with Gasteiger partial charge in [-0.05, 0) is 54.3 Å². The molecule has 0 spiro atoms. The number of nitrogens with zero attached hydrogens (tertiary/aromatic N) is 1. The fourth-order valence-corrected chi connectivity index (χ4v) is 6.90. The third-order valence-corrected chi connectivity index (χ3v) is 8.55. The molecule has 2 aromatic rings. The number of fused-ring (bicyclic) bond motifs is 1. The average molecular weight is 487 g/mol. The van der Waals surface area contributed by atoms with Crippen molar-refractivity contribution in [3.8, 4) is 0 Å². The number of primary amides is 1. The molecule has 8 heteroatoms. The first kappa shape index (κ1) is 26.0. The molecule has 1 heterocycles. The van der Waals surface area contributed by atoms with Crippen molar-refractivity contribution >= 4 is 27.2 Å². The van der Waals surface area contributed by atoms with Gasteiger partial charge in [-0.15, -0.1) is 0 Å². The Balaban J connectivity index is 2.23. The summed E-state index contributed by atoms with van der Waals surface area (Å²) in [6, 6.07) is 12.1. The van der Waals surface area contributed by atoms with Crippen molar-refractivity contribution in [1.29, 1.82) is 0 Å². The largest absolute Gasteiger partial charge is 0.378 e. The van der Waals surface area contributed by atoms with Crippen LogP contribution in [0.25, 0.3) is 0 Å². The quantitative estimate of drug-likeness (QED) is 0.471. The van der Waals surface area contributed by atoms with Crippen molar-refractivity contribution in [3.63, 3.8) is 0 Å². The number of carbonyl (C=O) groups excluding carboxylic acids is 1. The first-order valence-corrected chi connectivity index (χ1v) is 13.7. The Morgan fingerprint density at radius 2 is 1.79 bits per heavy atom. The number of sulfone groups is 1.